The van der Waals surface area contributed by atoms with Crippen LogP contribution in [0.4, 0.5) is 4.39 Å². The van der Waals surface area contributed by atoms with Gasteiger partial charge in [0.15, 0.2) is 0 Å². The van der Waals surface area contributed by atoms with E-state index in [-0.39, 0.29) is 10.8 Å². The van der Waals surface area contributed by atoms with Gasteiger partial charge < -0.3 is 0 Å². The van der Waals surface area contributed by atoms with Gasteiger partial charge in [-0.3, -0.25) is 0 Å². The highest BCUT2D eigenvalue weighted by molar-refractivity contribution is 9.09. The van der Waals surface area contributed by atoms with Crippen molar-refractivity contribution in [3.8, 4) is 0 Å². The molecule has 0 aliphatic carbocycles. The van der Waals surface area contributed by atoms with Crippen molar-refractivity contribution in [2.45, 2.75) is 12.8 Å². The van der Waals surface area contributed by atoms with Crippen molar-refractivity contribution in [2.75, 3.05) is 5.33 Å². The molecule has 0 heterocycles. The zero-order valence-corrected chi connectivity index (χ0v) is 8.83. The van der Waals surface area contributed by atoms with Crippen molar-refractivity contribution < 1.29 is 4.39 Å². The Balaban J connectivity index is 2.78. The lowest BCUT2D eigenvalue weighted by atomic mass is 10.1. The summed E-state index contributed by atoms with van der Waals surface area (Å²) in [6.07, 6.45) is 1.80. The number of benzene rings is 1. The van der Waals surface area contributed by atoms with Crippen LogP contribution in [-0.4, -0.2) is 5.33 Å². The highest BCUT2D eigenvalue weighted by atomic mass is 79.9. The fraction of sp³-hybridized carbons (Fsp3) is 0.333. The van der Waals surface area contributed by atoms with Gasteiger partial charge in [0.1, 0.15) is 5.82 Å². The van der Waals surface area contributed by atoms with E-state index in [1.807, 2.05) is 6.07 Å². The molecule has 1 rings (SSSR count). The normalized spacial score (nSPS) is 10.2. The van der Waals surface area contributed by atoms with Gasteiger partial charge >= 0.3 is 0 Å². The third-order valence-electron chi connectivity index (χ3n) is 1.61. The number of hydrogen-bond acceptors (Lipinski definition) is 0. The van der Waals surface area contributed by atoms with Gasteiger partial charge in [0.2, 0.25) is 0 Å². The average molecular weight is 252 g/mol. The summed E-state index contributed by atoms with van der Waals surface area (Å²) in [7, 11) is 0. The molecule has 0 saturated carbocycles. The lowest BCUT2D eigenvalue weighted by Gasteiger charge is -2.02. The second-order valence-corrected chi connectivity index (χ2v) is 3.68. The molecule has 0 aliphatic heterocycles. The molecule has 3 heteroatoms. The first-order chi connectivity index (χ1) is 5.75. The molecular weight excluding hydrogens is 242 g/mol. The molecule has 0 N–H and O–H groups in total. The van der Waals surface area contributed by atoms with E-state index in [0.29, 0.717) is 0 Å². The molecule has 12 heavy (non-hydrogen) atoms. The van der Waals surface area contributed by atoms with Crippen LogP contribution in [0.15, 0.2) is 18.2 Å². The zero-order valence-electron chi connectivity index (χ0n) is 6.49. The molecule has 0 amide bonds. The fourth-order valence-electron chi connectivity index (χ4n) is 0.999. The molecule has 0 bridgehead atoms. The smallest absolute Gasteiger partial charge is 0.142 e. The Labute approximate surface area is 84.9 Å². The molecule has 66 valence electrons. The minimum Gasteiger partial charge on any atom is -0.205 e. The van der Waals surface area contributed by atoms with E-state index in [1.165, 1.54) is 6.07 Å². The Morgan fingerprint density at radius 1 is 1.42 bits per heavy atom. The molecular formula is C9H9BrClF. The van der Waals surface area contributed by atoms with Crippen LogP contribution in [0, 0.1) is 5.82 Å². The summed E-state index contributed by atoms with van der Waals surface area (Å²) in [4.78, 5) is 0. The van der Waals surface area contributed by atoms with Crippen LogP contribution in [0.2, 0.25) is 5.02 Å². The third kappa shape index (κ3) is 2.46. The summed E-state index contributed by atoms with van der Waals surface area (Å²) >= 11 is 9.05. The van der Waals surface area contributed by atoms with E-state index in [0.717, 1.165) is 23.7 Å². The molecule has 0 atom stereocenters. The van der Waals surface area contributed by atoms with Gasteiger partial charge in [0.05, 0.1) is 5.02 Å². The van der Waals surface area contributed by atoms with Crippen molar-refractivity contribution in [3.63, 3.8) is 0 Å². The van der Waals surface area contributed by atoms with Gasteiger partial charge in [-0.1, -0.05) is 39.7 Å². The van der Waals surface area contributed by atoms with Crippen LogP contribution >= 0.6 is 27.5 Å². The molecule has 0 aliphatic rings. The molecule has 0 radical (unpaired) electrons. The topological polar surface area (TPSA) is 0 Å². The number of halogens is 3. The van der Waals surface area contributed by atoms with Gasteiger partial charge in [0, 0.05) is 5.33 Å². The Morgan fingerprint density at radius 3 is 2.83 bits per heavy atom. The van der Waals surface area contributed by atoms with E-state index in [1.54, 1.807) is 6.07 Å². The molecule has 0 aromatic heterocycles. The number of hydrogen-bond donors (Lipinski definition) is 0. The van der Waals surface area contributed by atoms with Gasteiger partial charge in [-0.2, -0.15) is 0 Å². The maximum atomic E-state index is 12.9. The summed E-state index contributed by atoms with van der Waals surface area (Å²) in [5, 5.41) is 1.18. The zero-order chi connectivity index (χ0) is 8.97. The summed E-state index contributed by atoms with van der Waals surface area (Å²) in [5.74, 6) is -0.330. The van der Waals surface area contributed by atoms with Gasteiger partial charge in [0.25, 0.3) is 0 Å². The van der Waals surface area contributed by atoms with Crippen molar-refractivity contribution in [3.05, 3.63) is 34.6 Å². The Kier molecular flexibility index (Phi) is 4.02. The minimum absolute atomic E-state index is 0.262. The van der Waals surface area contributed by atoms with E-state index >= 15 is 0 Å². The van der Waals surface area contributed by atoms with Crippen LogP contribution in [-0.2, 0) is 6.42 Å². The standard InChI is InChI=1S/C9H9BrClF/c10-6-2-4-7-3-1-5-8(12)9(7)11/h1,3,5H,2,4,6H2. The highest BCUT2D eigenvalue weighted by Crippen LogP contribution is 2.20. The van der Waals surface area contributed by atoms with Gasteiger partial charge in [-0.15, -0.1) is 0 Å². The molecule has 1 aromatic rings. The van der Waals surface area contributed by atoms with Crippen LogP contribution in [0.25, 0.3) is 0 Å². The largest absolute Gasteiger partial charge is 0.205 e. The average Bonchev–Trinajstić information content (AvgIpc) is 2.08. The SMILES string of the molecule is Fc1cccc(CCCBr)c1Cl. The van der Waals surface area contributed by atoms with Crippen LogP contribution in [0.1, 0.15) is 12.0 Å². The number of aryl methyl sites for hydroxylation is 1. The maximum absolute atomic E-state index is 12.9. The highest BCUT2D eigenvalue weighted by Gasteiger charge is 2.03. The summed E-state index contributed by atoms with van der Waals surface area (Å²) in [5.41, 5.74) is 0.885. The fourth-order valence-corrected chi connectivity index (χ4v) is 1.50. The Bertz CT molecular complexity index is 263. The van der Waals surface area contributed by atoms with Gasteiger partial charge in [-0.25, -0.2) is 4.39 Å². The van der Waals surface area contributed by atoms with Crippen molar-refractivity contribution in [2.24, 2.45) is 0 Å². The molecule has 0 spiro atoms. The molecule has 0 saturated heterocycles. The van der Waals surface area contributed by atoms with Gasteiger partial charge in [-0.05, 0) is 24.5 Å². The molecule has 0 nitrogen and oxygen atoms in total. The summed E-state index contributed by atoms with van der Waals surface area (Å²) in [6, 6.07) is 4.92. The van der Waals surface area contributed by atoms with E-state index < -0.39 is 0 Å². The number of alkyl halides is 1. The predicted octanol–water partition coefficient (Wildman–Crippen LogP) is 3.81. The lowest BCUT2D eigenvalue weighted by Crippen LogP contribution is -1.89. The predicted molar refractivity (Wildman–Crippen MR) is 53.5 cm³/mol. The second kappa shape index (κ2) is 4.83. The number of rotatable bonds is 3. The van der Waals surface area contributed by atoms with Crippen LogP contribution in [0.5, 0.6) is 0 Å². The van der Waals surface area contributed by atoms with E-state index in [2.05, 4.69) is 15.9 Å². The molecule has 1 aromatic carbocycles. The Hall–Kier alpha value is -0.0800. The minimum atomic E-state index is -0.330. The second-order valence-electron chi connectivity index (χ2n) is 2.51. The Morgan fingerprint density at radius 2 is 2.17 bits per heavy atom. The lowest BCUT2D eigenvalue weighted by molar-refractivity contribution is 0.625. The molecule has 0 fully saturated rings. The van der Waals surface area contributed by atoms with Crippen molar-refractivity contribution in [1.82, 2.24) is 0 Å². The summed E-state index contributed by atoms with van der Waals surface area (Å²) in [6.45, 7) is 0. The van der Waals surface area contributed by atoms with Crippen LogP contribution < -0.4 is 0 Å². The van der Waals surface area contributed by atoms with Crippen molar-refractivity contribution >= 4 is 27.5 Å². The first-order valence-electron chi connectivity index (χ1n) is 3.74. The van der Waals surface area contributed by atoms with E-state index in [4.69, 9.17) is 11.6 Å². The monoisotopic (exact) mass is 250 g/mol. The first-order valence-corrected chi connectivity index (χ1v) is 5.24. The van der Waals surface area contributed by atoms with Crippen LogP contribution in [0.3, 0.4) is 0 Å². The maximum Gasteiger partial charge on any atom is 0.142 e. The van der Waals surface area contributed by atoms with E-state index in [9.17, 15) is 4.39 Å². The third-order valence-corrected chi connectivity index (χ3v) is 2.60. The quantitative estimate of drug-likeness (QED) is 0.717. The van der Waals surface area contributed by atoms with Crippen molar-refractivity contribution in [1.29, 1.82) is 0 Å². The molecule has 0 unspecified atom stereocenters. The first kappa shape index (κ1) is 10.0. The summed E-state index contributed by atoms with van der Waals surface area (Å²) < 4.78 is 12.9.